The first kappa shape index (κ1) is 9.22. The second-order valence-corrected chi connectivity index (χ2v) is 1.57. The molecule has 2 N–H and O–H groups in total. The van der Waals surface area contributed by atoms with Gasteiger partial charge in [0.05, 0.1) is 0 Å². The van der Waals surface area contributed by atoms with Gasteiger partial charge in [0, 0.05) is 0 Å². The number of hydrogen-bond donors (Lipinski definition) is 2. The molecule has 0 rings (SSSR count). The Labute approximate surface area is 54.1 Å². The van der Waals surface area contributed by atoms with Crippen LogP contribution in [0.5, 0.6) is 0 Å². The van der Waals surface area contributed by atoms with Crippen molar-refractivity contribution in [1.82, 2.24) is 0 Å². The Balaban J connectivity index is 3.94. The molecule has 0 aromatic heterocycles. The van der Waals surface area contributed by atoms with Gasteiger partial charge in [0.2, 0.25) is 6.17 Å². The van der Waals surface area contributed by atoms with E-state index >= 15 is 0 Å². The van der Waals surface area contributed by atoms with Crippen molar-refractivity contribution in [2.75, 3.05) is 0 Å². The van der Waals surface area contributed by atoms with Gasteiger partial charge >= 0.3 is 5.97 Å². The lowest BCUT2D eigenvalue weighted by Crippen LogP contribution is -2.35. The molecular weight excluding hydrogens is 153 g/mol. The quantitative estimate of drug-likeness (QED) is 0.609. The monoisotopic (exact) mass is 158 g/mol. The van der Waals surface area contributed by atoms with Crippen molar-refractivity contribution in [3.63, 3.8) is 0 Å². The molecule has 0 aliphatic carbocycles. The van der Waals surface area contributed by atoms with Crippen LogP contribution in [0.4, 0.5) is 13.2 Å². The molecule has 0 aromatic carbocycles. The van der Waals surface area contributed by atoms with E-state index in [-0.39, 0.29) is 0 Å². The average molecular weight is 158 g/mol. The predicted molar refractivity (Wildman–Crippen MR) is 24.5 cm³/mol. The topological polar surface area (TPSA) is 57.5 Å². The number of carboxylic acid groups (broad SMARTS) is 1. The van der Waals surface area contributed by atoms with Gasteiger partial charge in [-0.25, -0.2) is 18.0 Å². The third-order valence-corrected chi connectivity index (χ3v) is 0.794. The van der Waals surface area contributed by atoms with Crippen LogP contribution in [0.25, 0.3) is 0 Å². The molecule has 0 bridgehead atoms. The predicted octanol–water partition coefficient (Wildman–Crippen LogP) is 0.0351. The summed E-state index contributed by atoms with van der Waals surface area (Å²) in [4.78, 5) is 9.58. The van der Waals surface area contributed by atoms with Crippen molar-refractivity contribution in [3.05, 3.63) is 0 Å². The molecule has 0 heterocycles. The van der Waals surface area contributed by atoms with Crippen LogP contribution in [-0.2, 0) is 4.79 Å². The van der Waals surface area contributed by atoms with E-state index in [1.807, 2.05) is 0 Å². The van der Waals surface area contributed by atoms with E-state index in [2.05, 4.69) is 0 Å². The van der Waals surface area contributed by atoms with Crippen LogP contribution in [0.2, 0.25) is 0 Å². The molecular formula is C4H5F3O3. The molecule has 0 amide bonds. The van der Waals surface area contributed by atoms with Gasteiger partial charge in [0.1, 0.15) is 0 Å². The molecule has 0 aliphatic heterocycles. The minimum atomic E-state index is -3.37. The summed E-state index contributed by atoms with van der Waals surface area (Å²) in [6, 6.07) is 0. The molecule has 0 spiro atoms. The molecule has 3 nitrogen and oxygen atoms in total. The highest BCUT2D eigenvalue weighted by Crippen LogP contribution is 2.08. The Morgan fingerprint density at radius 3 is 1.80 bits per heavy atom. The Morgan fingerprint density at radius 2 is 1.70 bits per heavy atom. The number of alkyl halides is 3. The summed E-state index contributed by atoms with van der Waals surface area (Å²) < 4.78 is 34.4. The van der Waals surface area contributed by atoms with Gasteiger partial charge in [-0.15, -0.1) is 0 Å². The van der Waals surface area contributed by atoms with E-state index in [1.165, 1.54) is 0 Å². The van der Waals surface area contributed by atoms with E-state index in [1.54, 1.807) is 0 Å². The summed E-state index contributed by atoms with van der Waals surface area (Å²) in [5.74, 6) is -2.09. The minimum absolute atomic E-state index is 2.09. The van der Waals surface area contributed by atoms with Gasteiger partial charge in [-0.3, -0.25) is 0 Å². The molecule has 0 aliphatic rings. The molecule has 0 radical (unpaired) electrons. The molecule has 0 fully saturated rings. The van der Waals surface area contributed by atoms with Crippen molar-refractivity contribution in [2.45, 2.75) is 18.7 Å². The molecule has 2 unspecified atom stereocenters. The minimum Gasteiger partial charge on any atom is -0.479 e. The van der Waals surface area contributed by atoms with Crippen LogP contribution in [-0.4, -0.2) is 34.9 Å². The zero-order valence-corrected chi connectivity index (χ0v) is 4.67. The number of aliphatic carboxylic acids is 1. The number of hydrogen-bond acceptors (Lipinski definition) is 2. The molecule has 2 atom stereocenters. The first-order valence-corrected chi connectivity index (χ1v) is 2.30. The lowest BCUT2D eigenvalue weighted by Gasteiger charge is -2.09. The van der Waals surface area contributed by atoms with Crippen LogP contribution < -0.4 is 0 Å². The number of aliphatic hydroxyl groups excluding tert-OH is 1. The van der Waals surface area contributed by atoms with Crippen molar-refractivity contribution in [1.29, 1.82) is 0 Å². The maximum absolute atomic E-state index is 11.8. The van der Waals surface area contributed by atoms with Crippen LogP contribution in [0.3, 0.4) is 0 Å². The Bertz CT molecular complexity index is 127. The summed E-state index contributed by atoms with van der Waals surface area (Å²) in [6.45, 7) is 0. The highest BCUT2D eigenvalue weighted by Gasteiger charge is 2.32. The summed E-state index contributed by atoms with van der Waals surface area (Å²) in [5, 5.41) is 15.8. The van der Waals surface area contributed by atoms with Gasteiger partial charge < -0.3 is 10.2 Å². The highest BCUT2D eigenvalue weighted by atomic mass is 19.3. The average Bonchev–Trinajstić information content (AvgIpc) is 1.84. The van der Waals surface area contributed by atoms with Gasteiger partial charge in [-0.1, -0.05) is 0 Å². The molecule has 0 aromatic rings. The molecule has 10 heavy (non-hydrogen) atoms. The van der Waals surface area contributed by atoms with E-state index in [0.717, 1.165) is 0 Å². The Morgan fingerprint density at radius 1 is 1.30 bits per heavy atom. The summed E-state index contributed by atoms with van der Waals surface area (Å²) in [6.07, 6.45) is -9.02. The number of carbonyl (C=O) groups is 1. The highest BCUT2D eigenvalue weighted by molar-refractivity contribution is 5.72. The van der Waals surface area contributed by atoms with Gasteiger partial charge in [-0.05, 0) is 0 Å². The van der Waals surface area contributed by atoms with E-state index in [4.69, 9.17) is 10.2 Å². The van der Waals surface area contributed by atoms with Crippen molar-refractivity contribution in [2.24, 2.45) is 0 Å². The number of halogens is 3. The maximum atomic E-state index is 11.8. The summed E-state index contributed by atoms with van der Waals surface area (Å²) >= 11 is 0. The van der Waals surface area contributed by atoms with Crippen molar-refractivity contribution in [3.8, 4) is 0 Å². The van der Waals surface area contributed by atoms with Gasteiger partial charge in [0.25, 0.3) is 6.43 Å². The zero-order chi connectivity index (χ0) is 8.31. The first-order valence-electron chi connectivity index (χ1n) is 2.30. The number of carboxylic acids is 1. The van der Waals surface area contributed by atoms with Crippen LogP contribution in [0.15, 0.2) is 0 Å². The Hall–Kier alpha value is -0.780. The van der Waals surface area contributed by atoms with Crippen molar-refractivity contribution < 1.29 is 28.2 Å². The fourth-order valence-corrected chi connectivity index (χ4v) is 0.274. The molecule has 0 saturated heterocycles. The molecule has 60 valence electrons. The number of aliphatic hydroxyl groups is 1. The Kier molecular flexibility index (Phi) is 3.14. The zero-order valence-electron chi connectivity index (χ0n) is 4.67. The SMILES string of the molecule is O=C(O)C(F)C(O)C(F)F. The smallest absolute Gasteiger partial charge is 0.341 e. The second-order valence-electron chi connectivity index (χ2n) is 1.57. The third kappa shape index (κ3) is 2.22. The lowest BCUT2D eigenvalue weighted by molar-refractivity contribution is -0.152. The van der Waals surface area contributed by atoms with Crippen molar-refractivity contribution >= 4 is 5.97 Å². The van der Waals surface area contributed by atoms with Crippen LogP contribution >= 0.6 is 0 Å². The third-order valence-electron chi connectivity index (χ3n) is 0.794. The molecule has 0 saturated carbocycles. The van der Waals surface area contributed by atoms with E-state index < -0.39 is 24.7 Å². The lowest BCUT2D eigenvalue weighted by atomic mass is 10.2. The fourth-order valence-electron chi connectivity index (χ4n) is 0.274. The van der Waals surface area contributed by atoms with Gasteiger partial charge in [0.15, 0.2) is 6.10 Å². The summed E-state index contributed by atoms with van der Waals surface area (Å²) in [7, 11) is 0. The van der Waals surface area contributed by atoms with E-state index in [0.29, 0.717) is 0 Å². The van der Waals surface area contributed by atoms with Crippen LogP contribution in [0.1, 0.15) is 0 Å². The van der Waals surface area contributed by atoms with Gasteiger partial charge in [-0.2, -0.15) is 0 Å². The normalized spacial score (nSPS) is 16.9. The largest absolute Gasteiger partial charge is 0.479 e. The van der Waals surface area contributed by atoms with Crippen LogP contribution in [0, 0.1) is 0 Å². The van der Waals surface area contributed by atoms with E-state index in [9.17, 15) is 18.0 Å². The number of rotatable bonds is 3. The fraction of sp³-hybridized carbons (Fsp3) is 0.750. The summed E-state index contributed by atoms with van der Waals surface area (Å²) in [5.41, 5.74) is 0. The maximum Gasteiger partial charge on any atom is 0.341 e. The molecule has 6 heteroatoms. The standard InChI is InChI=1S/C4H5F3O3/c5-1(4(9)10)2(8)3(6)7/h1-3,8H,(H,9,10). The second kappa shape index (κ2) is 3.40. The first-order chi connectivity index (χ1) is 4.46.